The zero-order valence-electron chi connectivity index (χ0n) is 12.2. The van der Waals surface area contributed by atoms with Crippen molar-refractivity contribution < 1.29 is 4.79 Å². The van der Waals surface area contributed by atoms with Crippen LogP contribution < -0.4 is 5.32 Å². The third-order valence-electron chi connectivity index (χ3n) is 3.39. The SMILES string of the molecule is CCCn1c(NC(=O)c2ccc[nH]c2=S)nc2ccccc21. The molecule has 0 unspecified atom stereocenters. The maximum atomic E-state index is 12.4. The molecule has 0 atom stereocenters. The average molecular weight is 312 g/mol. The third kappa shape index (κ3) is 2.65. The Labute approximate surface area is 133 Å². The highest BCUT2D eigenvalue weighted by atomic mass is 32.1. The van der Waals surface area contributed by atoms with Gasteiger partial charge in [0.15, 0.2) is 0 Å². The van der Waals surface area contributed by atoms with Crippen molar-refractivity contribution in [2.45, 2.75) is 19.9 Å². The van der Waals surface area contributed by atoms with E-state index in [1.165, 1.54) is 0 Å². The van der Waals surface area contributed by atoms with Crippen molar-refractivity contribution in [2.24, 2.45) is 0 Å². The fourth-order valence-electron chi connectivity index (χ4n) is 2.39. The second-order valence-corrected chi connectivity index (χ2v) is 5.35. The van der Waals surface area contributed by atoms with Crippen molar-refractivity contribution in [3.63, 3.8) is 0 Å². The summed E-state index contributed by atoms with van der Waals surface area (Å²) in [5, 5.41) is 2.87. The van der Waals surface area contributed by atoms with Crippen LogP contribution >= 0.6 is 12.2 Å². The van der Waals surface area contributed by atoms with Gasteiger partial charge in [0.25, 0.3) is 5.91 Å². The molecule has 0 aliphatic rings. The fourth-order valence-corrected chi connectivity index (χ4v) is 2.62. The number of carbonyl (C=O) groups is 1. The summed E-state index contributed by atoms with van der Waals surface area (Å²) in [6, 6.07) is 11.3. The van der Waals surface area contributed by atoms with Gasteiger partial charge in [-0.2, -0.15) is 0 Å². The average Bonchev–Trinajstić information content (AvgIpc) is 2.86. The molecule has 0 spiro atoms. The van der Waals surface area contributed by atoms with E-state index in [-0.39, 0.29) is 5.91 Å². The molecule has 112 valence electrons. The molecule has 2 N–H and O–H groups in total. The van der Waals surface area contributed by atoms with Crippen LogP contribution in [0.2, 0.25) is 0 Å². The highest BCUT2D eigenvalue weighted by Gasteiger charge is 2.14. The maximum absolute atomic E-state index is 12.4. The third-order valence-corrected chi connectivity index (χ3v) is 3.73. The Bertz CT molecular complexity index is 881. The molecular formula is C16H16N4OS. The lowest BCUT2D eigenvalue weighted by molar-refractivity contribution is 0.102. The molecule has 0 radical (unpaired) electrons. The number of fused-ring (bicyclic) bond motifs is 1. The van der Waals surface area contributed by atoms with Crippen LogP contribution in [0.4, 0.5) is 5.95 Å². The number of aryl methyl sites for hydroxylation is 1. The molecular weight excluding hydrogens is 296 g/mol. The summed E-state index contributed by atoms with van der Waals surface area (Å²) in [7, 11) is 0. The minimum absolute atomic E-state index is 0.255. The molecule has 0 bridgehead atoms. The molecule has 5 nitrogen and oxygen atoms in total. The standard InChI is InChI=1S/C16H16N4OS/c1-2-10-20-13-8-4-3-7-12(13)18-16(20)19-14(21)11-6-5-9-17-15(11)22/h3-9H,2,10H2,1H3,(H,17,22)(H,18,19,21). The van der Waals surface area contributed by atoms with Crippen LogP contribution in [0.5, 0.6) is 0 Å². The Morgan fingerprint density at radius 3 is 2.91 bits per heavy atom. The number of amides is 1. The normalized spacial score (nSPS) is 10.8. The second kappa shape index (κ2) is 6.11. The number of H-pyrrole nitrogens is 1. The van der Waals surface area contributed by atoms with Gasteiger partial charge >= 0.3 is 0 Å². The summed E-state index contributed by atoms with van der Waals surface area (Å²) < 4.78 is 2.43. The summed E-state index contributed by atoms with van der Waals surface area (Å²) in [6.07, 6.45) is 2.65. The van der Waals surface area contributed by atoms with Gasteiger partial charge in [-0.25, -0.2) is 4.98 Å². The van der Waals surface area contributed by atoms with E-state index in [2.05, 4.69) is 22.2 Å². The van der Waals surface area contributed by atoms with E-state index >= 15 is 0 Å². The van der Waals surface area contributed by atoms with Crippen LogP contribution in [0, 0.1) is 4.64 Å². The Balaban J connectivity index is 2.00. The number of imidazole rings is 1. The minimum Gasteiger partial charge on any atom is -0.352 e. The van der Waals surface area contributed by atoms with E-state index in [1.807, 2.05) is 28.8 Å². The molecule has 3 aromatic rings. The number of aromatic amines is 1. The summed E-state index contributed by atoms with van der Waals surface area (Å²) in [4.78, 5) is 19.8. The number of carbonyl (C=O) groups excluding carboxylic acids is 1. The number of benzene rings is 1. The van der Waals surface area contributed by atoms with Crippen LogP contribution in [0.1, 0.15) is 23.7 Å². The number of para-hydroxylation sites is 2. The van der Waals surface area contributed by atoms with E-state index in [1.54, 1.807) is 18.3 Å². The van der Waals surface area contributed by atoms with Gasteiger partial charge in [0.05, 0.1) is 16.6 Å². The van der Waals surface area contributed by atoms with Gasteiger partial charge in [-0.1, -0.05) is 31.3 Å². The van der Waals surface area contributed by atoms with Crippen molar-refractivity contribution in [3.05, 3.63) is 52.8 Å². The summed E-state index contributed by atoms with van der Waals surface area (Å²) >= 11 is 5.15. The van der Waals surface area contributed by atoms with Crippen molar-refractivity contribution in [1.82, 2.24) is 14.5 Å². The fraction of sp³-hybridized carbons (Fsp3) is 0.188. The lowest BCUT2D eigenvalue weighted by Crippen LogP contribution is -2.16. The Kier molecular flexibility index (Phi) is 4.02. The molecule has 0 aliphatic carbocycles. The summed E-state index contributed by atoms with van der Waals surface area (Å²) in [6.45, 7) is 2.88. The van der Waals surface area contributed by atoms with E-state index in [9.17, 15) is 4.79 Å². The van der Waals surface area contributed by atoms with Crippen LogP contribution in [-0.4, -0.2) is 20.4 Å². The topological polar surface area (TPSA) is 62.7 Å². The smallest absolute Gasteiger partial charge is 0.260 e. The largest absolute Gasteiger partial charge is 0.352 e. The summed E-state index contributed by atoms with van der Waals surface area (Å²) in [5.41, 5.74) is 2.31. The van der Waals surface area contributed by atoms with Crippen molar-refractivity contribution in [2.75, 3.05) is 5.32 Å². The molecule has 0 fully saturated rings. The van der Waals surface area contributed by atoms with Crippen LogP contribution in [0.15, 0.2) is 42.6 Å². The Morgan fingerprint density at radius 1 is 1.32 bits per heavy atom. The number of hydrogen-bond acceptors (Lipinski definition) is 3. The highest BCUT2D eigenvalue weighted by Crippen LogP contribution is 2.20. The first-order valence-electron chi connectivity index (χ1n) is 7.15. The molecule has 0 saturated carbocycles. The second-order valence-electron chi connectivity index (χ2n) is 4.94. The quantitative estimate of drug-likeness (QED) is 0.721. The van der Waals surface area contributed by atoms with E-state index < -0.39 is 0 Å². The van der Waals surface area contributed by atoms with Crippen molar-refractivity contribution in [3.8, 4) is 0 Å². The minimum atomic E-state index is -0.255. The lowest BCUT2D eigenvalue weighted by atomic mass is 10.3. The number of pyridine rings is 1. The highest BCUT2D eigenvalue weighted by molar-refractivity contribution is 7.71. The molecule has 2 heterocycles. The van der Waals surface area contributed by atoms with E-state index in [0.717, 1.165) is 24.0 Å². The maximum Gasteiger partial charge on any atom is 0.260 e. The van der Waals surface area contributed by atoms with Crippen molar-refractivity contribution in [1.29, 1.82) is 0 Å². The van der Waals surface area contributed by atoms with Crippen LogP contribution in [-0.2, 0) is 6.54 Å². The number of nitrogens with zero attached hydrogens (tertiary/aromatic N) is 2. The van der Waals surface area contributed by atoms with Crippen LogP contribution in [0.3, 0.4) is 0 Å². The van der Waals surface area contributed by atoms with Gasteiger partial charge in [0.2, 0.25) is 5.95 Å². The number of anilines is 1. The molecule has 6 heteroatoms. The Morgan fingerprint density at radius 2 is 2.14 bits per heavy atom. The first kappa shape index (κ1) is 14.5. The number of aromatic nitrogens is 3. The number of rotatable bonds is 4. The Hall–Kier alpha value is -2.47. The van der Waals surface area contributed by atoms with Gasteiger partial charge in [0, 0.05) is 12.7 Å². The summed E-state index contributed by atoms with van der Waals surface area (Å²) in [5.74, 6) is 0.292. The first-order chi connectivity index (χ1) is 10.7. The van der Waals surface area contributed by atoms with Gasteiger partial charge in [-0.05, 0) is 30.7 Å². The first-order valence-corrected chi connectivity index (χ1v) is 7.56. The molecule has 1 aromatic carbocycles. The van der Waals surface area contributed by atoms with Gasteiger partial charge < -0.3 is 9.55 Å². The predicted octanol–water partition coefficient (Wildman–Crippen LogP) is 3.76. The van der Waals surface area contributed by atoms with E-state index in [0.29, 0.717) is 16.2 Å². The monoisotopic (exact) mass is 312 g/mol. The molecule has 2 aromatic heterocycles. The molecule has 22 heavy (non-hydrogen) atoms. The molecule has 0 aliphatic heterocycles. The van der Waals surface area contributed by atoms with Gasteiger partial charge in [-0.15, -0.1) is 0 Å². The van der Waals surface area contributed by atoms with Crippen LogP contribution in [0.25, 0.3) is 11.0 Å². The molecule has 0 saturated heterocycles. The molecule has 3 rings (SSSR count). The molecule has 1 amide bonds. The number of nitrogens with one attached hydrogen (secondary N) is 2. The lowest BCUT2D eigenvalue weighted by Gasteiger charge is -2.08. The zero-order chi connectivity index (χ0) is 15.5. The van der Waals surface area contributed by atoms with Gasteiger partial charge in [0.1, 0.15) is 4.64 Å². The van der Waals surface area contributed by atoms with E-state index in [4.69, 9.17) is 12.2 Å². The van der Waals surface area contributed by atoms with Gasteiger partial charge in [-0.3, -0.25) is 10.1 Å². The predicted molar refractivity (Wildman–Crippen MR) is 89.6 cm³/mol. The number of hydrogen-bond donors (Lipinski definition) is 2. The zero-order valence-corrected chi connectivity index (χ0v) is 13.0. The van der Waals surface area contributed by atoms with Crippen molar-refractivity contribution >= 4 is 35.1 Å².